The molecule has 0 aliphatic rings. The van der Waals surface area contributed by atoms with Crippen LogP contribution in [0.1, 0.15) is 5.56 Å². The quantitative estimate of drug-likeness (QED) is 0.484. The molecule has 10 heteroatoms. The zero-order chi connectivity index (χ0) is 19.5. The Labute approximate surface area is 146 Å². The summed E-state index contributed by atoms with van der Waals surface area (Å²) < 4.78 is 64.9. The molecule has 2 rings (SSSR count). The number of nitrogens with one attached hydrogen (secondary N) is 1. The Morgan fingerprint density at radius 1 is 1.19 bits per heavy atom. The highest BCUT2D eigenvalue weighted by Crippen LogP contribution is 2.26. The van der Waals surface area contributed by atoms with Crippen LogP contribution in [0.15, 0.2) is 49.1 Å². The van der Waals surface area contributed by atoms with Gasteiger partial charge in [0.2, 0.25) is 5.91 Å². The first kappa shape index (κ1) is 19.4. The van der Waals surface area contributed by atoms with Crippen molar-refractivity contribution in [3.8, 4) is 5.75 Å². The number of amides is 1. The third-order valence-electron chi connectivity index (χ3n) is 3.23. The summed E-state index contributed by atoms with van der Waals surface area (Å²) in [5.74, 6) is -1.92. The van der Waals surface area contributed by atoms with Crippen molar-refractivity contribution in [2.45, 2.75) is 11.9 Å². The maximum atomic E-state index is 12.3. The van der Waals surface area contributed by atoms with Crippen molar-refractivity contribution >= 4 is 32.7 Å². The Kier molecular flexibility index (Phi) is 5.36. The second-order valence-electron chi connectivity index (χ2n) is 5.08. The van der Waals surface area contributed by atoms with Crippen LogP contribution in [0.3, 0.4) is 0 Å². The third kappa shape index (κ3) is 4.39. The van der Waals surface area contributed by atoms with Gasteiger partial charge in [-0.2, -0.15) is 21.6 Å². The number of halogens is 3. The van der Waals surface area contributed by atoms with E-state index in [4.69, 9.17) is 4.74 Å². The lowest BCUT2D eigenvalue weighted by molar-refractivity contribution is -0.129. The van der Waals surface area contributed by atoms with E-state index in [1.54, 1.807) is 18.2 Å². The van der Waals surface area contributed by atoms with E-state index in [1.807, 2.05) is 0 Å². The minimum absolute atomic E-state index is 0.137. The lowest BCUT2D eigenvalue weighted by atomic mass is 10.0. The summed E-state index contributed by atoms with van der Waals surface area (Å²) in [6.45, 7) is 3.25. The Morgan fingerprint density at radius 2 is 1.88 bits per heavy atom. The lowest BCUT2D eigenvalue weighted by Gasteiger charge is -2.11. The molecule has 6 nitrogen and oxygen atoms in total. The van der Waals surface area contributed by atoms with Gasteiger partial charge >= 0.3 is 21.5 Å². The zero-order valence-corrected chi connectivity index (χ0v) is 13.9. The molecule has 0 radical (unpaired) electrons. The van der Waals surface area contributed by atoms with E-state index >= 15 is 0 Å². The van der Waals surface area contributed by atoms with E-state index in [-0.39, 0.29) is 11.3 Å². The van der Waals surface area contributed by atoms with E-state index in [0.29, 0.717) is 10.8 Å². The molecule has 1 amide bonds. The predicted octanol–water partition coefficient (Wildman–Crippen LogP) is 2.44. The van der Waals surface area contributed by atoms with Crippen LogP contribution >= 0.6 is 0 Å². The first-order valence-corrected chi connectivity index (χ1v) is 8.49. The molecule has 0 heterocycles. The Hall–Kier alpha value is -2.88. The van der Waals surface area contributed by atoms with E-state index in [0.717, 1.165) is 10.8 Å². The van der Waals surface area contributed by atoms with Gasteiger partial charge in [-0.05, 0) is 28.5 Å². The standard InChI is InChI=1S/C16H12F3NO5S/c1-2-15(22)25-12-7-6-10-4-3-5-11(13(10)9-12)8-14(21)20-26(23,24)16(17,18)19/h2-7,9H,1,8H2,(H,20,21). The van der Waals surface area contributed by atoms with E-state index < -0.39 is 33.8 Å². The van der Waals surface area contributed by atoms with Gasteiger partial charge in [-0.15, -0.1) is 0 Å². The topological polar surface area (TPSA) is 89.5 Å². The van der Waals surface area contributed by atoms with Gasteiger partial charge in [0, 0.05) is 6.08 Å². The number of carbonyl (C=O) groups is 2. The molecule has 2 aromatic carbocycles. The molecule has 1 N–H and O–H groups in total. The fourth-order valence-corrected chi connectivity index (χ4v) is 2.60. The zero-order valence-electron chi connectivity index (χ0n) is 13.0. The second kappa shape index (κ2) is 7.16. The number of alkyl halides is 3. The monoisotopic (exact) mass is 387 g/mol. The number of sulfonamides is 1. The van der Waals surface area contributed by atoms with Gasteiger partial charge < -0.3 is 4.74 Å². The summed E-state index contributed by atoms with van der Waals surface area (Å²) in [7, 11) is -5.78. The average molecular weight is 387 g/mol. The van der Waals surface area contributed by atoms with Crippen LogP contribution in [0.25, 0.3) is 10.8 Å². The molecule has 0 saturated carbocycles. The summed E-state index contributed by atoms with van der Waals surface area (Å²) in [5.41, 5.74) is -5.33. The van der Waals surface area contributed by atoms with Crippen molar-refractivity contribution in [2.75, 3.05) is 0 Å². The normalized spacial score (nSPS) is 11.8. The summed E-state index contributed by atoms with van der Waals surface area (Å²) in [6.07, 6.45) is 0.330. The van der Waals surface area contributed by atoms with E-state index in [1.165, 1.54) is 18.2 Å². The highest BCUT2D eigenvalue weighted by Gasteiger charge is 2.46. The van der Waals surface area contributed by atoms with Crippen LogP contribution < -0.4 is 9.46 Å². The highest BCUT2D eigenvalue weighted by molar-refractivity contribution is 7.90. The summed E-state index contributed by atoms with van der Waals surface area (Å²) >= 11 is 0. The van der Waals surface area contributed by atoms with E-state index in [2.05, 4.69) is 6.58 Å². The number of carbonyl (C=O) groups excluding carboxylic acids is 2. The first-order valence-electron chi connectivity index (χ1n) is 7.01. The molecule has 0 bridgehead atoms. The minimum Gasteiger partial charge on any atom is -0.423 e. The molecular weight excluding hydrogens is 375 g/mol. The summed E-state index contributed by atoms with van der Waals surface area (Å²) in [5, 5.41) is 1.04. The minimum atomic E-state index is -5.78. The van der Waals surface area contributed by atoms with Crippen molar-refractivity contribution in [2.24, 2.45) is 0 Å². The fraction of sp³-hybridized carbons (Fsp3) is 0.125. The SMILES string of the molecule is C=CC(=O)Oc1ccc2cccc(CC(=O)NS(=O)(=O)C(F)(F)F)c2c1. The number of ether oxygens (including phenoxy) is 1. The molecule has 26 heavy (non-hydrogen) atoms. The summed E-state index contributed by atoms with van der Waals surface area (Å²) in [4.78, 5) is 23.0. The third-order valence-corrected chi connectivity index (χ3v) is 4.34. The van der Waals surface area contributed by atoms with Gasteiger partial charge in [0.15, 0.2) is 0 Å². The second-order valence-corrected chi connectivity index (χ2v) is 6.75. The number of hydrogen-bond donors (Lipinski definition) is 1. The molecule has 2 aromatic rings. The Bertz CT molecular complexity index is 983. The van der Waals surface area contributed by atoms with Crippen molar-refractivity contribution in [1.29, 1.82) is 0 Å². The fourth-order valence-electron chi connectivity index (χ4n) is 2.11. The van der Waals surface area contributed by atoms with Gasteiger partial charge in [-0.3, -0.25) is 4.79 Å². The van der Waals surface area contributed by atoms with Gasteiger partial charge in [-0.1, -0.05) is 30.8 Å². The molecule has 0 saturated heterocycles. The number of rotatable bonds is 5. The van der Waals surface area contributed by atoms with E-state index in [9.17, 15) is 31.2 Å². The molecular formula is C16H12F3NO5S. The molecule has 0 atom stereocenters. The molecule has 0 aromatic heterocycles. The Morgan fingerprint density at radius 3 is 2.50 bits per heavy atom. The average Bonchev–Trinajstić information content (AvgIpc) is 2.53. The van der Waals surface area contributed by atoms with Crippen LogP contribution in [0.4, 0.5) is 13.2 Å². The van der Waals surface area contributed by atoms with Crippen LogP contribution in [0.5, 0.6) is 5.75 Å². The van der Waals surface area contributed by atoms with Crippen LogP contribution in [-0.2, 0) is 26.0 Å². The molecule has 0 aliphatic carbocycles. The molecule has 0 fully saturated rings. The van der Waals surface area contributed by atoms with Crippen LogP contribution in [0.2, 0.25) is 0 Å². The maximum Gasteiger partial charge on any atom is 0.516 e. The van der Waals surface area contributed by atoms with Crippen molar-refractivity contribution < 1.29 is 35.9 Å². The molecule has 138 valence electrons. The van der Waals surface area contributed by atoms with Gasteiger partial charge in [-0.25, -0.2) is 9.52 Å². The van der Waals surface area contributed by atoms with Gasteiger partial charge in [0.25, 0.3) is 0 Å². The first-order chi connectivity index (χ1) is 12.0. The maximum absolute atomic E-state index is 12.3. The van der Waals surface area contributed by atoms with Crippen LogP contribution in [-0.4, -0.2) is 25.8 Å². The van der Waals surface area contributed by atoms with Gasteiger partial charge in [0.05, 0.1) is 6.42 Å². The Balaban J connectivity index is 2.31. The van der Waals surface area contributed by atoms with Gasteiger partial charge in [0.1, 0.15) is 5.75 Å². The largest absolute Gasteiger partial charge is 0.516 e. The smallest absolute Gasteiger partial charge is 0.423 e. The number of benzene rings is 2. The van der Waals surface area contributed by atoms with Crippen molar-refractivity contribution in [3.05, 3.63) is 54.6 Å². The van der Waals surface area contributed by atoms with Crippen molar-refractivity contribution in [3.63, 3.8) is 0 Å². The summed E-state index contributed by atoms with van der Waals surface area (Å²) in [6, 6.07) is 9.15. The molecule has 0 spiro atoms. The highest BCUT2D eigenvalue weighted by atomic mass is 32.2. The number of hydrogen-bond acceptors (Lipinski definition) is 5. The van der Waals surface area contributed by atoms with Crippen LogP contribution in [0, 0.1) is 0 Å². The number of fused-ring (bicyclic) bond motifs is 1. The lowest BCUT2D eigenvalue weighted by Crippen LogP contribution is -2.40. The molecule has 0 unspecified atom stereocenters. The number of esters is 1. The molecule has 0 aliphatic heterocycles. The predicted molar refractivity (Wildman–Crippen MR) is 86.6 cm³/mol. The van der Waals surface area contributed by atoms with Crippen molar-refractivity contribution in [1.82, 2.24) is 4.72 Å².